The van der Waals surface area contributed by atoms with Crippen LogP contribution >= 0.6 is 0 Å². The van der Waals surface area contributed by atoms with Crippen LogP contribution in [0, 0.1) is 11.6 Å². The molecule has 190 valence electrons. The van der Waals surface area contributed by atoms with E-state index in [0.29, 0.717) is 48.6 Å². The number of methoxy groups -OCH3 is 2. The molecule has 2 aromatic heterocycles. The molecule has 0 radical (unpaired) electrons. The molecule has 1 aliphatic rings. The van der Waals surface area contributed by atoms with Crippen molar-refractivity contribution in [1.29, 1.82) is 0 Å². The van der Waals surface area contributed by atoms with Gasteiger partial charge in [0.2, 0.25) is 11.9 Å². The topological polar surface area (TPSA) is 107 Å². The molecule has 36 heavy (non-hydrogen) atoms. The van der Waals surface area contributed by atoms with Crippen LogP contribution in [0.15, 0.2) is 31.0 Å². The Balaban J connectivity index is 1.72. The second-order valence-corrected chi connectivity index (χ2v) is 8.16. The number of aryl methyl sites for hydroxylation is 1. The van der Waals surface area contributed by atoms with Gasteiger partial charge in [-0.3, -0.25) is 9.78 Å². The normalized spacial score (nSPS) is 17.5. The molecule has 2 N–H and O–H groups in total. The van der Waals surface area contributed by atoms with Crippen molar-refractivity contribution >= 4 is 22.8 Å². The minimum atomic E-state index is -0.881. The second kappa shape index (κ2) is 10.8. The minimum Gasteiger partial charge on any atom is -0.494 e. The van der Waals surface area contributed by atoms with Gasteiger partial charge in [0.15, 0.2) is 23.1 Å². The first-order valence-corrected chi connectivity index (χ1v) is 11.4. The van der Waals surface area contributed by atoms with Crippen molar-refractivity contribution in [1.82, 2.24) is 20.3 Å². The van der Waals surface area contributed by atoms with Gasteiger partial charge in [-0.2, -0.15) is 0 Å². The van der Waals surface area contributed by atoms with Crippen LogP contribution in [0.25, 0.3) is 22.2 Å². The average molecular weight is 500 g/mol. The number of anilines is 1. The molecule has 0 bridgehead atoms. The van der Waals surface area contributed by atoms with E-state index in [-0.39, 0.29) is 40.7 Å². The third-order valence-electron chi connectivity index (χ3n) is 5.99. The van der Waals surface area contributed by atoms with Crippen LogP contribution in [0.1, 0.15) is 19.0 Å². The predicted molar refractivity (Wildman–Crippen MR) is 130 cm³/mol. The quantitative estimate of drug-likeness (QED) is 0.454. The van der Waals surface area contributed by atoms with Crippen LogP contribution < -0.4 is 20.1 Å². The Morgan fingerprint density at radius 1 is 1.19 bits per heavy atom. The minimum absolute atomic E-state index is 0.0729. The fourth-order valence-corrected chi connectivity index (χ4v) is 4.12. The highest BCUT2D eigenvalue weighted by Crippen LogP contribution is 2.38. The number of halogens is 2. The zero-order valence-electron chi connectivity index (χ0n) is 20.2. The fraction of sp³-hybridized carbons (Fsp3) is 0.360. The fourth-order valence-electron chi connectivity index (χ4n) is 4.12. The number of benzene rings is 1. The number of fused-ring (bicyclic) bond motifs is 1. The second-order valence-electron chi connectivity index (χ2n) is 8.16. The Kier molecular flexibility index (Phi) is 7.58. The van der Waals surface area contributed by atoms with E-state index < -0.39 is 11.6 Å². The highest BCUT2D eigenvalue weighted by Gasteiger charge is 2.28. The van der Waals surface area contributed by atoms with Crippen LogP contribution in [0.2, 0.25) is 0 Å². The summed E-state index contributed by atoms with van der Waals surface area (Å²) in [6, 6.07) is 2.22. The highest BCUT2D eigenvalue weighted by atomic mass is 19.1. The smallest absolute Gasteiger partial charge is 0.243 e. The number of ether oxygens (including phenoxy) is 3. The van der Waals surface area contributed by atoms with Gasteiger partial charge in [0, 0.05) is 24.3 Å². The third kappa shape index (κ3) is 4.92. The van der Waals surface area contributed by atoms with E-state index in [4.69, 9.17) is 14.2 Å². The summed E-state index contributed by atoms with van der Waals surface area (Å²) >= 11 is 0. The standard InChI is InChI=1S/C25H27F2N5O4/c1-5-14-24-13(9-16(29-14)21-22(26)18(34-3)10-19(35-4)23(21)27)11-28-25(32-24)31-17-12-36-8-7-15(17)30-20(33)6-2/h6,9-11,15,17H,2,5,7-8,12H2,1,3-4H3,(H,30,33)(H,28,31,32)/t15-,17+/m0/s1. The molecule has 1 fully saturated rings. The molecule has 2 atom stereocenters. The zero-order chi connectivity index (χ0) is 25.8. The highest BCUT2D eigenvalue weighted by molar-refractivity contribution is 5.87. The molecular weight excluding hydrogens is 472 g/mol. The Labute approximate surface area is 206 Å². The monoisotopic (exact) mass is 499 g/mol. The largest absolute Gasteiger partial charge is 0.494 e. The summed E-state index contributed by atoms with van der Waals surface area (Å²) in [5, 5.41) is 6.67. The number of hydrogen-bond donors (Lipinski definition) is 2. The van der Waals surface area contributed by atoms with Crippen molar-refractivity contribution in [2.24, 2.45) is 0 Å². The maximum Gasteiger partial charge on any atom is 0.243 e. The molecule has 3 aromatic rings. The number of aromatic nitrogens is 3. The summed E-state index contributed by atoms with van der Waals surface area (Å²) in [5.74, 6) is -2.03. The number of rotatable bonds is 8. The number of pyridine rings is 1. The number of carbonyl (C=O) groups excluding carboxylic acids is 1. The number of nitrogens with one attached hydrogen (secondary N) is 2. The number of nitrogens with zero attached hydrogens (tertiary/aromatic N) is 3. The molecule has 1 aliphatic heterocycles. The van der Waals surface area contributed by atoms with Crippen LogP contribution in [0.5, 0.6) is 11.5 Å². The molecule has 1 saturated heterocycles. The lowest BCUT2D eigenvalue weighted by Crippen LogP contribution is -2.52. The Morgan fingerprint density at radius 3 is 2.56 bits per heavy atom. The van der Waals surface area contributed by atoms with Crippen molar-refractivity contribution in [2.75, 3.05) is 32.8 Å². The van der Waals surface area contributed by atoms with Gasteiger partial charge in [0.1, 0.15) is 0 Å². The number of amides is 1. The molecule has 0 aliphatic carbocycles. The molecular formula is C25H27F2N5O4. The first kappa shape index (κ1) is 25.2. The summed E-state index contributed by atoms with van der Waals surface area (Å²) in [5.41, 5.74) is 0.789. The van der Waals surface area contributed by atoms with Gasteiger partial charge in [0.25, 0.3) is 0 Å². The molecule has 3 heterocycles. The van der Waals surface area contributed by atoms with E-state index in [9.17, 15) is 4.79 Å². The third-order valence-corrected chi connectivity index (χ3v) is 5.99. The van der Waals surface area contributed by atoms with Gasteiger partial charge in [0.05, 0.1) is 55.4 Å². The van der Waals surface area contributed by atoms with E-state index >= 15 is 8.78 Å². The lowest BCUT2D eigenvalue weighted by atomic mass is 10.0. The lowest BCUT2D eigenvalue weighted by molar-refractivity contribution is -0.117. The molecule has 11 heteroatoms. The zero-order valence-corrected chi connectivity index (χ0v) is 20.2. The summed E-state index contributed by atoms with van der Waals surface area (Å²) in [7, 11) is 2.58. The van der Waals surface area contributed by atoms with Crippen molar-refractivity contribution < 1.29 is 27.8 Å². The molecule has 1 aromatic carbocycles. The van der Waals surface area contributed by atoms with E-state index in [1.807, 2.05) is 6.92 Å². The first-order chi connectivity index (χ1) is 17.4. The predicted octanol–water partition coefficient (Wildman–Crippen LogP) is 3.42. The average Bonchev–Trinajstić information content (AvgIpc) is 2.89. The van der Waals surface area contributed by atoms with E-state index in [2.05, 4.69) is 32.2 Å². The van der Waals surface area contributed by atoms with Crippen LogP contribution in [0.3, 0.4) is 0 Å². The van der Waals surface area contributed by atoms with Crippen LogP contribution in [-0.4, -0.2) is 60.4 Å². The Bertz CT molecular complexity index is 1280. The summed E-state index contributed by atoms with van der Waals surface area (Å²) in [6.07, 6.45) is 3.86. The molecule has 1 amide bonds. The Hall–Kier alpha value is -3.86. The molecule has 0 unspecified atom stereocenters. The van der Waals surface area contributed by atoms with Crippen LogP contribution in [0.4, 0.5) is 14.7 Å². The maximum absolute atomic E-state index is 15.1. The SMILES string of the molecule is C=CC(=O)N[C@H]1CCOC[C@H]1Nc1ncc2cc(-c3c(F)c(OC)cc(OC)c3F)nc(CC)c2n1. The van der Waals surface area contributed by atoms with E-state index in [0.717, 1.165) is 6.07 Å². The van der Waals surface area contributed by atoms with E-state index in [1.54, 1.807) is 6.20 Å². The number of hydrogen-bond acceptors (Lipinski definition) is 8. The summed E-state index contributed by atoms with van der Waals surface area (Å²) < 4.78 is 45.9. The Morgan fingerprint density at radius 2 is 1.92 bits per heavy atom. The molecule has 4 rings (SSSR count). The van der Waals surface area contributed by atoms with Gasteiger partial charge in [-0.15, -0.1) is 0 Å². The van der Waals surface area contributed by atoms with E-state index in [1.165, 1.54) is 26.4 Å². The summed E-state index contributed by atoms with van der Waals surface area (Å²) in [6.45, 7) is 6.24. The lowest BCUT2D eigenvalue weighted by Gasteiger charge is -2.32. The molecule has 0 saturated carbocycles. The van der Waals surface area contributed by atoms with Crippen molar-refractivity contribution in [3.05, 3.63) is 48.3 Å². The van der Waals surface area contributed by atoms with Crippen LogP contribution in [-0.2, 0) is 16.0 Å². The van der Waals surface area contributed by atoms with Gasteiger partial charge >= 0.3 is 0 Å². The van der Waals surface area contributed by atoms with Gasteiger partial charge in [-0.1, -0.05) is 13.5 Å². The van der Waals surface area contributed by atoms with Gasteiger partial charge in [-0.25, -0.2) is 18.7 Å². The van der Waals surface area contributed by atoms with Crippen molar-refractivity contribution in [3.63, 3.8) is 0 Å². The number of carbonyl (C=O) groups is 1. The maximum atomic E-state index is 15.1. The molecule has 0 spiro atoms. The summed E-state index contributed by atoms with van der Waals surface area (Å²) in [4.78, 5) is 25.3. The first-order valence-electron chi connectivity index (χ1n) is 11.4. The van der Waals surface area contributed by atoms with Gasteiger partial charge < -0.3 is 24.8 Å². The van der Waals surface area contributed by atoms with Crippen molar-refractivity contribution in [2.45, 2.75) is 31.8 Å². The van der Waals surface area contributed by atoms with Crippen molar-refractivity contribution in [3.8, 4) is 22.8 Å². The molecule has 9 nitrogen and oxygen atoms in total. The van der Waals surface area contributed by atoms with Gasteiger partial charge in [-0.05, 0) is 25.0 Å².